The second kappa shape index (κ2) is 4.59. The smallest absolute Gasteiger partial charge is 0.232 e. The highest BCUT2D eigenvalue weighted by Gasteiger charge is 2.31. The summed E-state index contributed by atoms with van der Waals surface area (Å²) >= 11 is 0. The molecule has 0 fully saturated rings. The molecule has 0 atom stereocenters. The van der Waals surface area contributed by atoms with Crippen molar-refractivity contribution in [2.75, 3.05) is 0 Å². The van der Waals surface area contributed by atoms with E-state index in [2.05, 4.69) is 0 Å². The van der Waals surface area contributed by atoms with Crippen LogP contribution in [-0.2, 0) is 0 Å². The first kappa shape index (κ1) is 13.1. The number of phenols is 2. The summed E-state index contributed by atoms with van der Waals surface area (Å²) < 4.78 is 31.2. The van der Waals surface area contributed by atoms with Crippen molar-refractivity contribution in [3.63, 3.8) is 0 Å². The lowest BCUT2D eigenvalue weighted by atomic mass is 10.1. The summed E-state index contributed by atoms with van der Waals surface area (Å²) in [5.41, 5.74) is 0.313. The van der Waals surface area contributed by atoms with Gasteiger partial charge >= 0.3 is 0 Å². The van der Waals surface area contributed by atoms with Gasteiger partial charge in [-0.1, -0.05) is 6.07 Å². The van der Waals surface area contributed by atoms with Gasteiger partial charge in [0.1, 0.15) is 0 Å². The minimum Gasteiger partial charge on any atom is -0.504 e. The fourth-order valence-electron chi connectivity index (χ4n) is 1.98. The van der Waals surface area contributed by atoms with E-state index >= 15 is 0 Å². The van der Waals surface area contributed by atoms with Crippen molar-refractivity contribution in [1.29, 1.82) is 0 Å². The number of allylic oxidation sites excluding steroid dienone is 1. The zero-order chi connectivity index (χ0) is 15.1. The van der Waals surface area contributed by atoms with Gasteiger partial charge in [0.25, 0.3) is 0 Å². The summed E-state index contributed by atoms with van der Waals surface area (Å²) in [4.78, 5) is 12.1. The molecule has 6 heteroatoms. The number of rotatable bonds is 1. The van der Waals surface area contributed by atoms with E-state index in [9.17, 15) is 23.8 Å². The number of phenolic OH excluding ortho intramolecular Hbond substituents is 2. The Labute approximate surface area is 117 Å². The van der Waals surface area contributed by atoms with Gasteiger partial charge in [-0.3, -0.25) is 4.79 Å². The molecule has 4 nitrogen and oxygen atoms in total. The SMILES string of the molecule is O=C1/C(=C/c2ccc(F)c(F)c2)Oc2c1ccc(O)c2O. The summed E-state index contributed by atoms with van der Waals surface area (Å²) in [7, 11) is 0. The maximum atomic E-state index is 13.1. The summed E-state index contributed by atoms with van der Waals surface area (Å²) in [5.74, 6) is -3.85. The monoisotopic (exact) mass is 290 g/mol. The molecule has 0 saturated heterocycles. The number of fused-ring (bicyclic) bond motifs is 1. The predicted molar refractivity (Wildman–Crippen MR) is 69.1 cm³/mol. The standard InChI is InChI=1S/C15H8F2O4/c16-9-3-1-7(5-10(9)17)6-12-13(19)8-2-4-11(18)14(20)15(8)21-12/h1-6,18,20H/b12-6-. The van der Waals surface area contributed by atoms with Crippen LogP contribution in [0.5, 0.6) is 17.2 Å². The van der Waals surface area contributed by atoms with Gasteiger partial charge in [0.15, 0.2) is 28.9 Å². The highest BCUT2D eigenvalue weighted by molar-refractivity contribution is 6.15. The number of carbonyl (C=O) groups excluding carboxylic acids is 1. The summed E-state index contributed by atoms with van der Waals surface area (Å²) in [6.07, 6.45) is 1.22. The lowest BCUT2D eigenvalue weighted by Gasteiger charge is -2.02. The molecule has 0 spiro atoms. The van der Waals surface area contributed by atoms with Crippen LogP contribution in [0.25, 0.3) is 6.08 Å². The highest BCUT2D eigenvalue weighted by Crippen LogP contribution is 2.44. The van der Waals surface area contributed by atoms with Crippen LogP contribution in [0.15, 0.2) is 36.1 Å². The summed E-state index contributed by atoms with van der Waals surface area (Å²) in [5, 5.41) is 19.0. The van der Waals surface area contributed by atoms with Gasteiger partial charge in [-0.2, -0.15) is 0 Å². The third-order valence-electron chi connectivity index (χ3n) is 3.03. The number of aromatic hydroxyl groups is 2. The molecular formula is C15H8F2O4. The molecule has 0 amide bonds. The van der Waals surface area contributed by atoms with Gasteiger partial charge < -0.3 is 14.9 Å². The fourth-order valence-corrected chi connectivity index (χ4v) is 1.98. The van der Waals surface area contributed by atoms with Crippen molar-refractivity contribution < 1.29 is 28.5 Å². The molecular weight excluding hydrogens is 282 g/mol. The number of hydrogen-bond donors (Lipinski definition) is 2. The second-order valence-electron chi connectivity index (χ2n) is 4.42. The maximum absolute atomic E-state index is 13.1. The van der Waals surface area contributed by atoms with Crippen LogP contribution in [-0.4, -0.2) is 16.0 Å². The molecule has 2 aromatic carbocycles. The van der Waals surface area contributed by atoms with Crippen molar-refractivity contribution >= 4 is 11.9 Å². The third kappa shape index (κ3) is 2.10. The molecule has 106 valence electrons. The third-order valence-corrected chi connectivity index (χ3v) is 3.03. The second-order valence-corrected chi connectivity index (χ2v) is 4.42. The van der Waals surface area contributed by atoms with Gasteiger partial charge in [0, 0.05) is 0 Å². The van der Waals surface area contributed by atoms with Crippen molar-refractivity contribution in [1.82, 2.24) is 0 Å². The number of hydrogen-bond acceptors (Lipinski definition) is 4. The number of Topliss-reactive ketones (excluding diaryl/α,β-unsaturated/α-hetero) is 1. The number of benzene rings is 2. The van der Waals surface area contributed by atoms with Crippen LogP contribution in [0.1, 0.15) is 15.9 Å². The van der Waals surface area contributed by atoms with Crippen LogP contribution < -0.4 is 4.74 Å². The van der Waals surface area contributed by atoms with Crippen LogP contribution in [0, 0.1) is 11.6 Å². The number of halogens is 2. The fraction of sp³-hybridized carbons (Fsp3) is 0. The molecule has 1 heterocycles. The van der Waals surface area contributed by atoms with Gasteiger partial charge in [0.05, 0.1) is 5.56 Å². The quantitative estimate of drug-likeness (QED) is 0.626. The Balaban J connectivity index is 2.02. The van der Waals surface area contributed by atoms with Crippen LogP contribution in [0.3, 0.4) is 0 Å². The van der Waals surface area contributed by atoms with E-state index in [4.69, 9.17) is 4.74 Å². The van der Waals surface area contributed by atoms with Crippen molar-refractivity contribution in [2.45, 2.75) is 0 Å². The molecule has 0 radical (unpaired) electrons. The summed E-state index contributed by atoms with van der Waals surface area (Å²) in [6, 6.07) is 5.59. The van der Waals surface area contributed by atoms with E-state index in [-0.39, 0.29) is 22.6 Å². The van der Waals surface area contributed by atoms with Crippen LogP contribution in [0.4, 0.5) is 8.78 Å². The van der Waals surface area contributed by atoms with Crippen LogP contribution in [0.2, 0.25) is 0 Å². The minimum absolute atomic E-state index is 0.0825. The summed E-state index contributed by atoms with van der Waals surface area (Å²) in [6.45, 7) is 0. The molecule has 0 aromatic heterocycles. The number of carbonyl (C=O) groups is 1. The number of ether oxygens (including phenoxy) is 1. The van der Waals surface area contributed by atoms with Gasteiger partial charge in [-0.25, -0.2) is 8.78 Å². The zero-order valence-electron chi connectivity index (χ0n) is 10.4. The first-order valence-electron chi connectivity index (χ1n) is 5.91. The van der Waals surface area contributed by atoms with E-state index in [1.165, 1.54) is 18.2 Å². The van der Waals surface area contributed by atoms with E-state index in [1.54, 1.807) is 0 Å². The molecule has 2 N–H and O–H groups in total. The van der Waals surface area contributed by atoms with Crippen molar-refractivity contribution in [3.05, 3.63) is 58.9 Å². The lowest BCUT2D eigenvalue weighted by molar-refractivity contribution is 0.101. The topological polar surface area (TPSA) is 66.8 Å². The molecule has 0 aliphatic carbocycles. The lowest BCUT2D eigenvalue weighted by Crippen LogP contribution is -1.98. The predicted octanol–water partition coefficient (Wildman–Crippen LogP) is 2.99. The Bertz CT molecular complexity index is 797. The van der Waals surface area contributed by atoms with Crippen molar-refractivity contribution in [3.8, 4) is 17.2 Å². The minimum atomic E-state index is -1.05. The molecule has 3 rings (SSSR count). The molecule has 0 unspecified atom stereocenters. The normalized spacial score (nSPS) is 15.1. The maximum Gasteiger partial charge on any atom is 0.232 e. The average Bonchev–Trinajstić information content (AvgIpc) is 2.76. The number of ketones is 1. The molecule has 1 aliphatic heterocycles. The average molecular weight is 290 g/mol. The Kier molecular flexibility index (Phi) is 2.86. The first-order valence-corrected chi connectivity index (χ1v) is 5.91. The molecule has 0 saturated carbocycles. The van der Waals surface area contributed by atoms with Crippen LogP contribution >= 0.6 is 0 Å². The van der Waals surface area contributed by atoms with Crippen molar-refractivity contribution in [2.24, 2.45) is 0 Å². The molecule has 2 aromatic rings. The largest absolute Gasteiger partial charge is 0.504 e. The Morgan fingerprint density at radius 1 is 1.05 bits per heavy atom. The van der Waals surface area contributed by atoms with Gasteiger partial charge in [0.2, 0.25) is 11.5 Å². The van der Waals surface area contributed by atoms with E-state index in [0.29, 0.717) is 0 Å². The first-order chi connectivity index (χ1) is 9.97. The molecule has 1 aliphatic rings. The Hall–Kier alpha value is -2.89. The van der Waals surface area contributed by atoms with E-state index in [1.807, 2.05) is 0 Å². The Morgan fingerprint density at radius 2 is 1.81 bits per heavy atom. The van der Waals surface area contributed by atoms with E-state index < -0.39 is 28.9 Å². The van der Waals surface area contributed by atoms with Gasteiger partial charge in [-0.05, 0) is 35.9 Å². The zero-order valence-corrected chi connectivity index (χ0v) is 10.4. The molecule has 0 bridgehead atoms. The van der Waals surface area contributed by atoms with E-state index in [0.717, 1.165) is 18.2 Å². The van der Waals surface area contributed by atoms with Gasteiger partial charge in [-0.15, -0.1) is 0 Å². The highest BCUT2D eigenvalue weighted by atomic mass is 19.2. The molecule has 21 heavy (non-hydrogen) atoms. The Morgan fingerprint density at radius 3 is 2.52 bits per heavy atom.